The molecule has 1 aliphatic carbocycles. The molecule has 2 aromatic carbocycles. The molecule has 5 rings (SSSR count). The van der Waals surface area contributed by atoms with Gasteiger partial charge in [-0.2, -0.15) is 0 Å². The third-order valence-corrected chi connectivity index (χ3v) is 6.80. The quantitative estimate of drug-likeness (QED) is 0.545. The summed E-state index contributed by atoms with van der Waals surface area (Å²) in [4.78, 5) is 27.5. The van der Waals surface area contributed by atoms with E-state index in [4.69, 9.17) is 21.6 Å². The predicted octanol–water partition coefficient (Wildman–Crippen LogP) is 5.31. The van der Waals surface area contributed by atoms with Gasteiger partial charge in [0, 0.05) is 41.1 Å². The first kappa shape index (κ1) is 21.0. The van der Waals surface area contributed by atoms with E-state index in [2.05, 4.69) is 17.0 Å². The molecule has 1 aliphatic heterocycles. The second-order valence-corrected chi connectivity index (χ2v) is 9.03. The van der Waals surface area contributed by atoms with Crippen LogP contribution in [0.2, 0.25) is 5.02 Å². The summed E-state index contributed by atoms with van der Waals surface area (Å²) in [5.41, 5.74) is 4.23. The van der Waals surface area contributed by atoms with Gasteiger partial charge in [-0.15, -0.1) is 0 Å². The molecule has 1 amide bonds. The summed E-state index contributed by atoms with van der Waals surface area (Å²) < 4.78 is 0. The third-order valence-electron chi connectivity index (χ3n) is 6.55. The van der Waals surface area contributed by atoms with Crippen LogP contribution in [-0.4, -0.2) is 35.5 Å². The monoisotopic (exact) mass is 446 g/mol. The van der Waals surface area contributed by atoms with E-state index in [0.717, 1.165) is 73.7 Å². The van der Waals surface area contributed by atoms with E-state index in [1.807, 2.05) is 49.5 Å². The fourth-order valence-electron chi connectivity index (χ4n) is 4.82. The highest BCUT2D eigenvalue weighted by molar-refractivity contribution is 6.30. The average molecular weight is 447 g/mol. The number of hydrogen-bond acceptors (Lipinski definition) is 4. The summed E-state index contributed by atoms with van der Waals surface area (Å²) in [7, 11) is 1.84. The molecule has 1 atom stereocenters. The van der Waals surface area contributed by atoms with Gasteiger partial charge in [0.15, 0.2) is 5.82 Å². The van der Waals surface area contributed by atoms with Crippen LogP contribution >= 0.6 is 11.6 Å². The Balaban J connectivity index is 1.51. The minimum absolute atomic E-state index is 0.0919. The number of aromatic nitrogens is 2. The Morgan fingerprint density at radius 3 is 2.53 bits per heavy atom. The first-order valence-electron chi connectivity index (χ1n) is 11.4. The van der Waals surface area contributed by atoms with Crippen molar-refractivity contribution >= 4 is 29.0 Å². The zero-order chi connectivity index (χ0) is 22.1. The molecular formula is C26H27ClN4O. The number of amides is 1. The van der Waals surface area contributed by atoms with Gasteiger partial charge in [0.25, 0.3) is 0 Å². The number of rotatable bonds is 4. The van der Waals surface area contributed by atoms with Crippen molar-refractivity contribution in [1.29, 1.82) is 0 Å². The summed E-state index contributed by atoms with van der Waals surface area (Å²) in [5, 5.41) is 0.665. The van der Waals surface area contributed by atoms with Crippen molar-refractivity contribution in [2.75, 3.05) is 23.4 Å². The fraction of sp³-hybridized carbons (Fsp3) is 0.346. The number of aryl methyl sites for hydroxylation is 1. The van der Waals surface area contributed by atoms with Crippen LogP contribution in [0.4, 0.5) is 11.5 Å². The van der Waals surface area contributed by atoms with Crippen molar-refractivity contribution in [3.05, 3.63) is 70.9 Å². The van der Waals surface area contributed by atoms with E-state index in [1.54, 1.807) is 4.90 Å². The molecule has 5 nitrogen and oxygen atoms in total. The van der Waals surface area contributed by atoms with Crippen molar-refractivity contribution < 1.29 is 4.79 Å². The molecule has 0 bridgehead atoms. The Morgan fingerprint density at radius 1 is 1.00 bits per heavy atom. The first-order valence-corrected chi connectivity index (χ1v) is 11.7. The molecule has 1 aromatic heterocycles. The molecule has 0 saturated carbocycles. The van der Waals surface area contributed by atoms with Gasteiger partial charge < -0.3 is 9.80 Å². The summed E-state index contributed by atoms with van der Waals surface area (Å²) >= 11 is 6.03. The summed E-state index contributed by atoms with van der Waals surface area (Å²) in [6.07, 6.45) is 6.05. The van der Waals surface area contributed by atoms with Crippen LogP contribution in [0.1, 0.15) is 36.9 Å². The fourth-order valence-corrected chi connectivity index (χ4v) is 4.95. The molecule has 2 aliphatic rings. The largest absolute Gasteiger partial charge is 0.344 e. The SMILES string of the molecule is CN(C(=O)C1CCCN1c1nc(-c2ccccc2)nc2c1CCCC2)c1ccc(Cl)cc1. The van der Waals surface area contributed by atoms with Crippen molar-refractivity contribution in [2.24, 2.45) is 0 Å². The van der Waals surface area contributed by atoms with Crippen LogP contribution in [0.15, 0.2) is 54.6 Å². The van der Waals surface area contributed by atoms with Crippen molar-refractivity contribution in [1.82, 2.24) is 9.97 Å². The molecule has 0 N–H and O–H groups in total. The Kier molecular flexibility index (Phi) is 5.83. The highest BCUT2D eigenvalue weighted by Gasteiger charge is 2.36. The number of likely N-dealkylation sites (N-methyl/N-ethyl adjacent to an activating group) is 1. The maximum absolute atomic E-state index is 13.5. The lowest BCUT2D eigenvalue weighted by Gasteiger charge is -2.31. The molecular weight excluding hydrogens is 420 g/mol. The Morgan fingerprint density at radius 2 is 1.75 bits per heavy atom. The number of fused-ring (bicyclic) bond motifs is 1. The zero-order valence-corrected chi connectivity index (χ0v) is 19.1. The summed E-state index contributed by atoms with van der Waals surface area (Å²) in [6.45, 7) is 0.836. The number of carbonyl (C=O) groups is 1. The van der Waals surface area contributed by atoms with Gasteiger partial charge in [-0.25, -0.2) is 9.97 Å². The number of anilines is 2. The number of halogens is 1. The Labute approximate surface area is 194 Å². The van der Waals surface area contributed by atoms with E-state index in [-0.39, 0.29) is 11.9 Å². The van der Waals surface area contributed by atoms with Crippen LogP contribution in [0.25, 0.3) is 11.4 Å². The van der Waals surface area contributed by atoms with E-state index in [9.17, 15) is 4.79 Å². The normalized spacial score (nSPS) is 17.8. The maximum atomic E-state index is 13.5. The number of benzene rings is 2. The van der Waals surface area contributed by atoms with Crippen molar-refractivity contribution in [3.8, 4) is 11.4 Å². The summed E-state index contributed by atoms with van der Waals surface area (Å²) in [6, 6.07) is 17.3. The second kappa shape index (κ2) is 8.91. The smallest absolute Gasteiger partial charge is 0.249 e. The van der Waals surface area contributed by atoms with Crippen LogP contribution in [0.5, 0.6) is 0 Å². The lowest BCUT2D eigenvalue weighted by molar-refractivity contribution is -0.119. The molecule has 0 radical (unpaired) electrons. The molecule has 6 heteroatoms. The van der Waals surface area contributed by atoms with Crippen LogP contribution in [0, 0.1) is 0 Å². The number of nitrogens with zero attached hydrogens (tertiary/aromatic N) is 4. The minimum atomic E-state index is -0.222. The predicted molar refractivity (Wildman–Crippen MR) is 129 cm³/mol. The molecule has 2 heterocycles. The average Bonchev–Trinajstić information content (AvgIpc) is 3.33. The molecule has 0 spiro atoms. The summed E-state index contributed by atoms with van der Waals surface area (Å²) in [5.74, 6) is 1.80. The van der Waals surface area contributed by atoms with Crippen molar-refractivity contribution in [2.45, 2.75) is 44.6 Å². The molecule has 3 aromatic rings. The van der Waals surface area contributed by atoms with Gasteiger partial charge in [-0.1, -0.05) is 41.9 Å². The number of carbonyl (C=O) groups excluding carboxylic acids is 1. The van der Waals surface area contributed by atoms with Gasteiger partial charge >= 0.3 is 0 Å². The van der Waals surface area contributed by atoms with Gasteiger partial charge in [0.1, 0.15) is 11.9 Å². The standard InChI is InChI=1S/C26H27ClN4O/c1-30(20-15-13-19(27)14-16-20)26(32)23-12-7-17-31(23)25-21-10-5-6-11-22(21)28-24(29-25)18-8-3-2-4-9-18/h2-4,8-9,13-16,23H,5-7,10-12,17H2,1H3. The van der Waals surface area contributed by atoms with Crippen LogP contribution in [-0.2, 0) is 17.6 Å². The maximum Gasteiger partial charge on any atom is 0.249 e. The molecule has 32 heavy (non-hydrogen) atoms. The first-order chi connectivity index (χ1) is 15.6. The van der Waals surface area contributed by atoms with E-state index < -0.39 is 0 Å². The molecule has 1 saturated heterocycles. The Bertz CT molecular complexity index is 1120. The number of hydrogen-bond donors (Lipinski definition) is 0. The van der Waals surface area contributed by atoms with Crippen molar-refractivity contribution in [3.63, 3.8) is 0 Å². The van der Waals surface area contributed by atoms with Crippen LogP contribution < -0.4 is 9.80 Å². The second-order valence-electron chi connectivity index (χ2n) is 8.59. The Hall–Kier alpha value is -2.92. The highest BCUT2D eigenvalue weighted by Crippen LogP contribution is 2.35. The van der Waals surface area contributed by atoms with Gasteiger partial charge in [-0.3, -0.25) is 4.79 Å². The van der Waals surface area contributed by atoms with E-state index in [1.165, 1.54) is 5.56 Å². The third kappa shape index (κ3) is 3.97. The van der Waals surface area contributed by atoms with Gasteiger partial charge in [0.2, 0.25) is 5.91 Å². The molecule has 164 valence electrons. The lowest BCUT2D eigenvalue weighted by atomic mass is 9.95. The molecule has 1 unspecified atom stereocenters. The van der Waals surface area contributed by atoms with Crippen LogP contribution in [0.3, 0.4) is 0 Å². The molecule has 1 fully saturated rings. The topological polar surface area (TPSA) is 49.3 Å². The minimum Gasteiger partial charge on any atom is -0.344 e. The highest BCUT2D eigenvalue weighted by atomic mass is 35.5. The zero-order valence-electron chi connectivity index (χ0n) is 18.3. The lowest BCUT2D eigenvalue weighted by Crippen LogP contribution is -2.45. The van der Waals surface area contributed by atoms with E-state index in [0.29, 0.717) is 5.02 Å². The van der Waals surface area contributed by atoms with Gasteiger partial charge in [-0.05, 0) is 62.8 Å². The van der Waals surface area contributed by atoms with Gasteiger partial charge in [0.05, 0.1) is 0 Å². The van der Waals surface area contributed by atoms with E-state index >= 15 is 0 Å².